The van der Waals surface area contributed by atoms with E-state index in [9.17, 15) is 0 Å². The number of hydrogen-bond acceptors (Lipinski definition) is 0. The van der Waals surface area contributed by atoms with Crippen molar-refractivity contribution in [2.75, 3.05) is 0 Å². The van der Waals surface area contributed by atoms with Crippen LogP contribution in [-0.2, 0) is 0 Å². The Bertz CT molecular complexity index is 625. The molecule has 0 aliphatic carbocycles. The predicted octanol–water partition coefficient (Wildman–Crippen LogP) is 7.48. The minimum Gasteiger partial charge on any atom is -0.0985 e. The van der Waals surface area contributed by atoms with Crippen molar-refractivity contribution >= 4 is 45.9 Å². The molecule has 1 aromatic rings. The third-order valence-electron chi connectivity index (χ3n) is 9.18. The Balaban J connectivity index is 4.31. The van der Waals surface area contributed by atoms with Crippen molar-refractivity contribution in [2.45, 2.75) is 117 Å². The van der Waals surface area contributed by atoms with Gasteiger partial charge in [0.25, 0.3) is 0 Å². The Morgan fingerprint density at radius 3 is 1.21 bits per heavy atom. The maximum atomic E-state index is 4.31. The molecule has 0 fully saturated rings. The lowest BCUT2D eigenvalue weighted by Gasteiger charge is -2.44. The highest BCUT2D eigenvalue weighted by molar-refractivity contribution is 7.06. The fraction of sp³-hybridized carbons (Fsp3) is 0.692. The van der Waals surface area contributed by atoms with Gasteiger partial charge in [0.2, 0.25) is 0 Å². The van der Waals surface area contributed by atoms with E-state index in [1.54, 1.807) is 0 Å². The van der Waals surface area contributed by atoms with E-state index in [2.05, 4.69) is 87.1 Å². The van der Waals surface area contributed by atoms with Crippen molar-refractivity contribution < 1.29 is 0 Å². The molecule has 0 nitrogen and oxygen atoms in total. The van der Waals surface area contributed by atoms with Gasteiger partial charge >= 0.3 is 0 Å². The first-order valence-corrected chi connectivity index (χ1v) is 20.5. The average Bonchev–Trinajstić information content (AvgIpc) is 2.79. The van der Waals surface area contributed by atoms with Gasteiger partial charge in [-0.1, -0.05) is 157 Å². The van der Waals surface area contributed by atoms with E-state index in [1.807, 2.05) is 15.6 Å². The number of benzene rings is 1. The normalized spacial score (nSPS) is 13.0. The van der Waals surface area contributed by atoms with Gasteiger partial charge in [-0.2, -0.15) is 0 Å². The highest BCUT2D eigenvalue weighted by Gasteiger charge is 2.44. The SMILES string of the molecule is C=Cc1ccc([Si](CC)(CC)CC)c([Si](CC)(CC)CC)c1[Si](CC)(CC)CC. The zero-order chi connectivity index (χ0) is 22.3. The molecule has 3 heteroatoms. The van der Waals surface area contributed by atoms with Crippen LogP contribution in [0, 0.1) is 0 Å². The third-order valence-corrected chi connectivity index (χ3v) is 26.6. The molecule has 1 rings (SSSR count). The standard InChI is InChI=1S/C26H50Si3/c1-11-23-21-22-24(27(12-2,13-3)14-4)26(29(18-8,19-9)20-10)25(23)28(15-5,16-6)17-7/h11,21-22H,1,12-20H2,2-10H3. The molecule has 0 aromatic heterocycles. The number of hydrogen-bond donors (Lipinski definition) is 0. The molecule has 0 spiro atoms. The quantitative estimate of drug-likeness (QED) is 0.275. The average molecular weight is 447 g/mol. The van der Waals surface area contributed by atoms with Crippen LogP contribution in [-0.4, -0.2) is 24.2 Å². The van der Waals surface area contributed by atoms with Gasteiger partial charge in [-0.3, -0.25) is 0 Å². The molecular formula is C26H50Si3. The molecule has 0 aliphatic heterocycles. The summed E-state index contributed by atoms with van der Waals surface area (Å²) in [6.45, 7) is 26.8. The van der Waals surface area contributed by atoms with E-state index in [0.717, 1.165) is 0 Å². The smallest absolute Gasteiger partial charge is 0.0865 e. The van der Waals surface area contributed by atoms with E-state index in [1.165, 1.54) is 60.0 Å². The predicted molar refractivity (Wildman–Crippen MR) is 147 cm³/mol. The van der Waals surface area contributed by atoms with Crippen LogP contribution in [0.4, 0.5) is 0 Å². The Labute approximate surface area is 186 Å². The molecule has 0 atom stereocenters. The molecule has 0 saturated carbocycles. The monoisotopic (exact) mass is 446 g/mol. The van der Waals surface area contributed by atoms with Crippen molar-refractivity contribution in [1.82, 2.24) is 0 Å². The maximum Gasteiger partial charge on any atom is 0.0865 e. The molecular weight excluding hydrogens is 397 g/mol. The van der Waals surface area contributed by atoms with E-state index in [4.69, 9.17) is 0 Å². The summed E-state index contributed by atoms with van der Waals surface area (Å²) in [4.78, 5) is 0. The fourth-order valence-corrected chi connectivity index (χ4v) is 21.2. The Hall–Kier alpha value is -0.389. The summed E-state index contributed by atoms with van der Waals surface area (Å²) < 4.78 is 0. The van der Waals surface area contributed by atoms with Crippen LogP contribution in [0.2, 0.25) is 54.4 Å². The minimum atomic E-state index is -1.53. The first-order chi connectivity index (χ1) is 13.8. The molecule has 1 aromatic carbocycles. The summed E-state index contributed by atoms with van der Waals surface area (Å²) in [6.07, 6.45) is 2.21. The van der Waals surface area contributed by atoms with E-state index in [-0.39, 0.29) is 0 Å². The summed E-state index contributed by atoms with van der Waals surface area (Å²) in [5, 5.41) is 5.73. The highest BCUT2D eigenvalue weighted by atomic mass is 28.3. The molecule has 0 bridgehead atoms. The van der Waals surface area contributed by atoms with Crippen LogP contribution in [0.15, 0.2) is 18.7 Å². The van der Waals surface area contributed by atoms with Crippen LogP contribution in [0.5, 0.6) is 0 Å². The molecule has 0 saturated heterocycles. The van der Waals surface area contributed by atoms with Crippen molar-refractivity contribution in [1.29, 1.82) is 0 Å². The van der Waals surface area contributed by atoms with Crippen LogP contribution in [0.3, 0.4) is 0 Å². The lowest BCUT2D eigenvalue weighted by Crippen LogP contribution is -2.71. The zero-order valence-electron chi connectivity index (χ0n) is 21.3. The van der Waals surface area contributed by atoms with E-state index < -0.39 is 24.2 Å². The molecule has 29 heavy (non-hydrogen) atoms. The summed E-state index contributed by atoms with van der Waals surface area (Å²) in [7, 11) is -4.51. The van der Waals surface area contributed by atoms with Gasteiger partial charge in [-0.25, -0.2) is 0 Å². The second kappa shape index (κ2) is 11.3. The van der Waals surface area contributed by atoms with Gasteiger partial charge in [-0.15, -0.1) is 0 Å². The summed E-state index contributed by atoms with van der Waals surface area (Å²) in [6, 6.07) is 17.6. The van der Waals surface area contributed by atoms with Gasteiger partial charge in [0.15, 0.2) is 0 Å². The summed E-state index contributed by atoms with van der Waals surface area (Å²) in [5.41, 5.74) is 1.50. The molecule has 0 heterocycles. The molecule has 0 unspecified atom stereocenters. The van der Waals surface area contributed by atoms with E-state index in [0.29, 0.717) is 0 Å². The van der Waals surface area contributed by atoms with Gasteiger partial charge < -0.3 is 0 Å². The second-order valence-electron chi connectivity index (χ2n) is 9.18. The zero-order valence-corrected chi connectivity index (χ0v) is 24.3. The Morgan fingerprint density at radius 2 is 0.897 bits per heavy atom. The van der Waals surface area contributed by atoms with Crippen LogP contribution >= 0.6 is 0 Å². The molecule has 0 radical (unpaired) electrons. The van der Waals surface area contributed by atoms with Crippen molar-refractivity contribution in [2.24, 2.45) is 0 Å². The maximum absolute atomic E-state index is 4.31. The van der Waals surface area contributed by atoms with Gasteiger partial charge in [0.1, 0.15) is 0 Å². The Morgan fingerprint density at radius 1 is 0.552 bits per heavy atom. The highest BCUT2D eigenvalue weighted by Crippen LogP contribution is 2.29. The van der Waals surface area contributed by atoms with Crippen LogP contribution in [0.25, 0.3) is 6.08 Å². The fourth-order valence-electron chi connectivity index (χ4n) is 6.24. The van der Waals surface area contributed by atoms with Crippen molar-refractivity contribution in [3.8, 4) is 0 Å². The first-order valence-electron chi connectivity index (χ1n) is 12.7. The lowest BCUT2D eigenvalue weighted by atomic mass is 10.2. The number of rotatable bonds is 13. The van der Waals surface area contributed by atoms with Crippen molar-refractivity contribution in [3.05, 3.63) is 24.3 Å². The van der Waals surface area contributed by atoms with Gasteiger partial charge in [-0.05, 0) is 5.56 Å². The molecule has 0 aliphatic rings. The summed E-state index contributed by atoms with van der Waals surface area (Å²) >= 11 is 0. The van der Waals surface area contributed by atoms with Gasteiger partial charge in [0.05, 0.1) is 24.2 Å². The minimum absolute atomic E-state index is 1.37. The molecule has 166 valence electrons. The summed E-state index contributed by atoms with van der Waals surface area (Å²) in [5.74, 6) is 0. The van der Waals surface area contributed by atoms with Crippen molar-refractivity contribution in [3.63, 3.8) is 0 Å². The largest absolute Gasteiger partial charge is 0.0985 e. The lowest BCUT2D eigenvalue weighted by molar-refractivity contribution is 1.17. The van der Waals surface area contributed by atoms with Crippen LogP contribution in [0.1, 0.15) is 67.9 Å². The first kappa shape index (κ1) is 26.6. The third kappa shape index (κ3) is 4.48. The van der Waals surface area contributed by atoms with Crippen LogP contribution < -0.4 is 15.6 Å². The topological polar surface area (TPSA) is 0 Å². The molecule has 0 amide bonds. The Kier molecular flexibility index (Phi) is 10.4. The molecule has 0 N–H and O–H groups in total. The second-order valence-corrected chi connectivity index (χ2v) is 24.8. The van der Waals surface area contributed by atoms with Gasteiger partial charge in [0, 0.05) is 0 Å². The van der Waals surface area contributed by atoms with E-state index >= 15 is 0 Å².